The van der Waals surface area contributed by atoms with Gasteiger partial charge in [0.15, 0.2) is 5.13 Å². The van der Waals surface area contributed by atoms with Gasteiger partial charge in [-0.2, -0.15) is 0 Å². The molecular formula is C13H21N5O2S. The van der Waals surface area contributed by atoms with Crippen LogP contribution in [0.25, 0.3) is 0 Å². The zero-order chi connectivity index (χ0) is 15.6. The van der Waals surface area contributed by atoms with Crippen LogP contribution < -0.4 is 16.0 Å². The van der Waals surface area contributed by atoms with Gasteiger partial charge >= 0.3 is 0 Å². The Bertz CT molecular complexity index is 541. The molecule has 0 spiro atoms. The first-order valence-electron chi connectivity index (χ1n) is 7.09. The third-order valence-electron chi connectivity index (χ3n) is 3.63. The summed E-state index contributed by atoms with van der Waals surface area (Å²) in [5.41, 5.74) is 5.90. The molecule has 0 aromatic carbocycles. The van der Waals surface area contributed by atoms with Gasteiger partial charge in [0.25, 0.3) is 5.91 Å². The van der Waals surface area contributed by atoms with Gasteiger partial charge in [-0.3, -0.25) is 9.59 Å². The Hall–Kier alpha value is -1.83. The summed E-state index contributed by atoms with van der Waals surface area (Å²) in [6.07, 6.45) is 0. The van der Waals surface area contributed by atoms with Gasteiger partial charge in [-0.1, -0.05) is 11.3 Å². The second kappa shape index (κ2) is 6.30. The maximum Gasteiger partial charge on any atom is 0.268 e. The van der Waals surface area contributed by atoms with Crippen LogP contribution in [0.15, 0.2) is 0 Å². The molecule has 0 radical (unpaired) electrons. The van der Waals surface area contributed by atoms with Crippen molar-refractivity contribution in [2.45, 2.75) is 26.8 Å². The molecule has 2 amide bonds. The highest BCUT2D eigenvalue weighted by molar-refractivity contribution is 7.18. The van der Waals surface area contributed by atoms with Gasteiger partial charge in [0.05, 0.1) is 0 Å². The molecule has 1 atom stereocenters. The predicted molar refractivity (Wildman–Crippen MR) is 83.6 cm³/mol. The van der Waals surface area contributed by atoms with Gasteiger partial charge in [0.2, 0.25) is 5.91 Å². The Morgan fingerprint density at radius 3 is 2.81 bits per heavy atom. The monoisotopic (exact) mass is 311 g/mol. The minimum atomic E-state index is -0.482. The maximum atomic E-state index is 12.6. The summed E-state index contributed by atoms with van der Waals surface area (Å²) in [6, 6.07) is -0.482. The van der Waals surface area contributed by atoms with Crippen LogP contribution >= 0.6 is 11.3 Å². The zero-order valence-electron chi connectivity index (χ0n) is 12.5. The first kappa shape index (κ1) is 15.6. The van der Waals surface area contributed by atoms with E-state index >= 15 is 0 Å². The Labute approximate surface area is 128 Å². The number of amides is 2. The smallest absolute Gasteiger partial charge is 0.268 e. The lowest BCUT2D eigenvalue weighted by Gasteiger charge is -2.32. The lowest BCUT2D eigenvalue weighted by molar-refractivity contribution is -0.127. The highest BCUT2D eigenvalue weighted by Crippen LogP contribution is 2.29. The van der Waals surface area contributed by atoms with E-state index in [1.807, 2.05) is 18.7 Å². The average molecular weight is 311 g/mol. The van der Waals surface area contributed by atoms with Crippen LogP contribution in [0.5, 0.6) is 0 Å². The summed E-state index contributed by atoms with van der Waals surface area (Å²) >= 11 is 1.29. The fourth-order valence-corrected chi connectivity index (χ4v) is 3.36. The molecule has 2 heterocycles. The third-order valence-corrected chi connectivity index (χ3v) is 4.75. The number of nitrogens with two attached hydrogens (primary N) is 1. The van der Waals surface area contributed by atoms with Crippen LogP contribution in [0.1, 0.15) is 30.4 Å². The molecule has 1 aromatic heterocycles. The molecule has 1 unspecified atom stereocenters. The zero-order valence-corrected chi connectivity index (χ0v) is 13.4. The van der Waals surface area contributed by atoms with Crippen molar-refractivity contribution >= 4 is 34.1 Å². The number of thiazole rings is 1. The molecule has 8 heteroatoms. The fraction of sp³-hybridized carbons (Fsp3) is 0.615. The normalized spacial score (nSPS) is 18.5. The van der Waals surface area contributed by atoms with E-state index in [4.69, 9.17) is 5.73 Å². The second-order valence-corrected chi connectivity index (χ2v) is 5.83. The van der Waals surface area contributed by atoms with Crippen molar-refractivity contribution in [1.29, 1.82) is 0 Å². The number of hydrogen-bond acceptors (Lipinski definition) is 6. The van der Waals surface area contributed by atoms with Crippen LogP contribution in [0.4, 0.5) is 10.9 Å². The summed E-state index contributed by atoms with van der Waals surface area (Å²) in [5, 5.41) is 3.49. The number of rotatable bonds is 4. The van der Waals surface area contributed by atoms with E-state index in [1.165, 1.54) is 11.3 Å². The molecule has 1 aliphatic rings. The predicted octanol–water partition coefficient (Wildman–Crippen LogP) is 0.532. The van der Waals surface area contributed by atoms with Crippen LogP contribution in [0, 0.1) is 0 Å². The topological polar surface area (TPSA) is 91.6 Å². The Morgan fingerprint density at radius 1 is 1.52 bits per heavy atom. The standard InChI is InChI=1S/C13H21N5O2S/c1-4-17(5-2)13-16-10(14)9(21-13)12(20)18-7-6-15-11(19)8(18)3/h8H,4-7,14H2,1-3H3,(H,15,19). The Morgan fingerprint density at radius 2 is 2.19 bits per heavy atom. The number of anilines is 2. The quantitative estimate of drug-likeness (QED) is 0.846. The molecule has 0 bridgehead atoms. The van der Waals surface area contributed by atoms with Crippen molar-refractivity contribution in [3.63, 3.8) is 0 Å². The SMILES string of the molecule is CCN(CC)c1nc(N)c(C(=O)N2CCNC(=O)C2C)s1. The number of carbonyl (C=O) groups excluding carboxylic acids is 2. The van der Waals surface area contributed by atoms with Gasteiger partial charge in [-0.05, 0) is 20.8 Å². The van der Waals surface area contributed by atoms with Crippen molar-refractivity contribution in [2.24, 2.45) is 0 Å². The van der Waals surface area contributed by atoms with Crippen molar-refractivity contribution in [1.82, 2.24) is 15.2 Å². The van der Waals surface area contributed by atoms with E-state index in [9.17, 15) is 9.59 Å². The molecule has 116 valence electrons. The van der Waals surface area contributed by atoms with E-state index in [2.05, 4.69) is 10.3 Å². The molecule has 21 heavy (non-hydrogen) atoms. The molecule has 1 aromatic rings. The highest BCUT2D eigenvalue weighted by Gasteiger charge is 2.32. The van der Waals surface area contributed by atoms with E-state index in [1.54, 1.807) is 11.8 Å². The van der Waals surface area contributed by atoms with E-state index < -0.39 is 6.04 Å². The minimum absolute atomic E-state index is 0.137. The number of nitrogen functional groups attached to an aromatic ring is 1. The van der Waals surface area contributed by atoms with Gasteiger partial charge in [-0.15, -0.1) is 0 Å². The second-order valence-electron chi connectivity index (χ2n) is 4.85. The van der Waals surface area contributed by atoms with Gasteiger partial charge < -0.3 is 20.9 Å². The van der Waals surface area contributed by atoms with Gasteiger partial charge in [0.1, 0.15) is 16.7 Å². The maximum absolute atomic E-state index is 12.6. The van der Waals surface area contributed by atoms with Crippen molar-refractivity contribution in [2.75, 3.05) is 36.8 Å². The first-order chi connectivity index (χ1) is 9.99. The molecular weight excluding hydrogens is 290 g/mol. The molecule has 1 aliphatic heterocycles. The molecule has 3 N–H and O–H groups in total. The summed E-state index contributed by atoms with van der Waals surface area (Å²) in [6.45, 7) is 8.34. The average Bonchev–Trinajstić information content (AvgIpc) is 2.84. The van der Waals surface area contributed by atoms with Crippen molar-refractivity contribution in [3.05, 3.63) is 4.88 Å². The van der Waals surface area contributed by atoms with E-state index in [0.29, 0.717) is 18.0 Å². The number of aromatic nitrogens is 1. The largest absolute Gasteiger partial charge is 0.382 e. The van der Waals surface area contributed by atoms with Gasteiger partial charge in [-0.25, -0.2) is 4.98 Å². The van der Waals surface area contributed by atoms with Crippen LogP contribution in [-0.2, 0) is 4.79 Å². The third kappa shape index (κ3) is 2.94. The minimum Gasteiger partial charge on any atom is -0.382 e. The number of hydrogen-bond donors (Lipinski definition) is 2. The van der Waals surface area contributed by atoms with Gasteiger partial charge in [0, 0.05) is 26.2 Å². The molecule has 7 nitrogen and oxygen atoms in total. The summed E-state index contributed by atoms with van der Waals surface area (Å²) in [4.78, 5) is 32.6. The van der Waals surface area contributed by atoms with Crippen LogP contribution in [-0.4, -0.2) is 53.9 Å². The summed E-state index contributed by atoms with van der Waals surface area (Å²) < 4.78 is 0. The molecule has 0 aliphatic carbocycles. The molecule has 1 saturated heterocycles. The molecule has 1 fully saturated rings. The van der Waals surface area contributed by atoms with Crippen LogP contribution in [0.3, 0.4) is 0 Å². The lowest BCUT2D eigenvalue weighted by Crippen LogP contribution is -2.55. The molecule has 2 rings (SSSR count). The Balaban J connectivity index is 2.25. The number of piperazine rings is 1. The van der Waals surface area contributed by atoms with Crippen molar-refractivity contribution < 1.29 is 9.59 Å². The number of nitrogens with one attached hydrogen (secondary N) is 1. The van der Waals surface area contributed by atoms with E-state index in [0.717, 1.165) is 18.2 Å². The van der Waals surface area contributed by atoms with Crippen molar-refractivity contribution in [3.8, 4) is 0 Å². The Kier molecular flexibility index (Phi) is 4.66. The lowest BCUT2D eigenvalue weighted by atomic mass is 10.2. The molecule has 0 saturated carbocycles. The first-order valence-corrected chi connectivity index (χ1v) is 7.91. The summed E-state index contributed by atoms with van der Waals surface area (Å²) in [5.74, 6) is -0.113. The number of carbonyl (C=O) groups is 2. The highest BCUT2D eigenvalue weighted by atomic mass is 32.1. The fourth-order valence-electron chi connectivity index (χ4n) is 2.29. The van der Waals surface area contributed by atoms with Crippen LogP contribution in [0.2, 0.25) is 0 Å². The summed E-state index contributed by atoms with van der Waals surface area (Å²) in [7, 11) is 0. The number of nitrogens with zero attached hydrogens (tertiary/aromatic N) is 3. The van der Waals surface area contributed by atoms with E-state index in [-0.39, 0.29) is 17.6 Å².